The molecule has 0 aromatic heterocycles. The lowest BCUT2D eigenvalue weighted by Crippen LogP contribution is -2.22. The Kier molecular flexibility index (Phi) is 8.45. The SMILES string of the molecule is CNCCOCCOCCOCCN1Cc2ccccc2C1. The van der Waals surface area contributed by atoms with E-state index in [0.717, 1.165) is 39.4 Å². The van der Waals surface area contributed by atoms with E-state index in [2.05, 4.69) is 34.5 Å². The Morgan fingerprint density at radius 2 is 1.41 bits per heavy atom. The summed E-state index contributed by atoms with van der Waals surface area (Å²) in [6.45, 7) is 7.99. The van der Waals surface area contributed by atoms with E-state index in [-0.39, 0.29) is 0 Å². The van der Waals surface area contributed by atoms with Crippen molar-refractivity contribution in [1.29, 1.82) is 0 Å². The first-order valence-electron chi connectivity index (χ1n) is 8.07. The van der Waals surface area contributed by atoms with Crippen LogP contribution >= 0.6 is 0 Å². The van der Waals surface area contributed by atoms with Crippen molar-refractivity contribution < 1.29 is 14.2 Å². The fraction of sp³-hybridized carbons (Fsp3) is 0.647. The van der Waals surface area contributed by atoms with Crippen LogP contribution < -0.4 is 5.32 Å². The van der Waals surface area contributed by atoms with Crippen LogP contribution in [0.5, 0.6) is 0 Å². The molecule has 124 valence electrons. The number of nitrogens with one attached hydrogen (secondary N) is 1. The number of benzene rings is 1. The van der Waals surface area contributed by atoms with E-state index in [9.17, 15) is 0 Å². The van der Waals surface area contributed by atoms with Crippen LogP contribution in [0.15, 0.2) is 24.3 Å². The number of hydrogen-bond donors (Lipinski definition) is 1. The van der Waals surface area contributed by atoms with Crippen molar-refractivity contribution in [2.24, 2.45) is 0 Å². The summed E-state index contributed by atoms with van der Waals surface area (Å²) >= 11 is 0. The minimum atomic E-state index is 0.633. The van der Waals surface area contributed by atoms with Crippen LogP contribution in [-0.2, 0) is 27.3 Å². The van der Waals surface area contributed by atoms with Crippen molar-refractivity contribution in [2.45, 2.75) is 13.1 Å². The second kappa shape index (κ2) is 10.7. The molecule has 5 heteroatoms. The van der Waals surface area contributed by atoms with Gasteiger partial charge in [0.15, 0.2) is 0 Å². The zero-order chi connectivity index (χ0) is 15.5. The molecule has 1 aliphatic rings. The van der Waals surface area contributed by atoms with Crippen LogP contribution in [-0.4, -0.2) is 64.7 Å². The quantitative estimate of drug-likeness (QED) is 0.589. The molecule has 22 heavy (non-hydrogen) atoms. The fourth-order valence-electron chi connectivity index (χ4n) is 2.47. The van der Waals surface area contributed by atoms with Gasteiger partial charge in [-0.3, -0.25) is 4.90 Å². The number of rotatable bonds is 12. The van der Waals surface area contributed by atoms with Gasteiger partial charge in [0.25, 0.3) is 0 Å². The summed E-state index contributed by atoms with van der Waals surface area (Å²) in [5.74, 6) is 0. The molecule has 0 amide bonds. The van der Waals surface area contributed by atoms with E-state index in [1.807, 2.05) is 7.05 Å². The molecule has 0 saturated carbocycles. The minimum absolute atomic E-state index is 0.633. The van der Waals surface area contributed by atoms with Gasteiger partial charge in [0, 0.05) is 26.2 Å². The third-order valence-electron chi connectivity index (χ3n) is 3.70. The van der Waals surface area contributed by atoms with Gasteiger partial charge in [0.2, 0.25) is 0 Å². The Hall–Kier alpha value is -0.980. The van der Waals surface area contributed by atoms with E-state index < -0.39 is 0 Å². The molecule has 2 rings (SSSR count). The van der Waals surface area contributed by atoms with E-state index >= 15 is 0 Å². The summed E-state index contributed by atoms with van der Waals surface area (Å²) in [5, 5.41) is 3.03. The number of likely N-dealkylation sites (N-methyl/N-ethyl adjacent to an activating group) is 1. The smallest absolute Gasteiger partial charge is 0.0701 e. The molecular formula is C17H28N2O3. The normalized spacial score (nSPS) is 14.4. The maximum Gasteiger partial charge on any atom is 0.0701 e. The fourth-order valence-corrected chi connectivity index (χ4v) is 2.47. The molecule has 0 spiro atoms. The zero-order valence-electron chi connectivity index (χ0n) is 13.6. The monoisotopic (exact) mass is 308 g/mol. The molecule has 1 N–H and O–H groups in total. The number of ether oxygens (including phenoxy) is 3. The maximum atomic E-state index is 5.62. The summed E-state index contributed by atoms with van der Waals surface area (Å²) in [5.41, 5.74) is 2.90. The molecule has 0 unspecified atom stereocenters. The average Bonchev–Trinajstić information content (AvgIpc) is 2.95. The molecule has 1 aromatic rings. The Labute approximate surface area is 133 Å². The molecular weight excluding hydrogens is 280 g/mol. The molecule has 0 radical (unpaired) electrons. The van der Waals surface area contributed by atoms with E-state index in [1.165, 1.54) is 11.1 Å². The van der Waals surface area contributed by atoms with E-state index in [4.69, 9.17) is 14.2 Å². The van der Waals surface area contributed by atoms with Gasteiger partial charge in [0.05, 0.1) is 39.6 Å². The molecule has 0 atom stereocenters. The highest BCUT2D eigenvalue weighted by Crippen LogP contribution is 2.21. The molecule has 1 aliphatic heterocycles. The third kappa shape index (κ3) is 6.42. The highest BCUT2D eigenvalue weighted by molar-refractivity contribution is 5.30. The first kappa shape index (κ1) is 17.4. The molecule has 1 heterocycles. The standard InChI is InChI=1S/C17H28N2O3/c1-18-6-8-20-10-12-22-13-11-21-9-7-19-14-16-4-2-3-5-17(16)15-19/h2-5,18H,6-15H2,1H3. The predicted octanol–water partition coefficient (Wildman–Crippen LogP) is 1.27. The minimum Gasteiger partial charge on any atom is -0.378 e. The van der Waals surface area contributed by atoms with E-state index in [1.54, 1.807) is 0 Å². The van der Waals surface area contributed by atoms with Gasteiger partial charge in [-0.2, -0.15) is 0 Å². The summed E-state index contributed by atoms with van der Waals surface area (Å²) in [4.78, 5) is 2.42. The lowest BCUT2D eigenvalue weighted by molar-refractivity contribution is 0.0110. The molecule has 0 saturated heterocycles. The topological polar surface area (TPSA) is 43.0 Å². The van der Waals surface area contributed by atoms with Crippen molar-refractivity contribution in [3.8, 4) is 0 Å². The van der Waals surface area contributed by atoms with Crippen molar-refractivity contribution in [3.63, 3.8) is 0 Å². The third-order valence-corrected chi connectivity index (χ3v) is 3.70. The predicted molar refractivity (Wildman–Crippen MR) is 86.9 cm³/mol. The molecule has 0 aliphatic carbocycles. The molecule has 0 bridgehead atoms. The van der Waals surface area contributed by atoms with Crippen molar-refractivity contribution >= 4 is 0 Å². The maximum absolute atomic E-state index is 5.62. The zero-order valence-corrected chi connectivity index (χ0v) is 13.6. The highest BCUT2D eigenvalue weighted by atomic mass is 16.5. The van der Waals surface area contributed by atoms with Crippen molar-refractivity contribution in [1.82, 2.24) is 10.2 Å². The Morgan fingerprint density at radius 3 is 2.00 bits per heavy atom. The second-order valence-corrected chi connectivity index (χ2v) is 5.42. The lowest BCUT2D eigenvalue weighted by Gasteiger charge is -2.14. The number of nitrogens with zero attached hydrogens (tertiary/aromatic N) is 1. The van der Waals surface area contributed by atoms with E-state index in [0.29, 0.717) is 26.4 Å². The van der Waals surface area contributed by atoms with Gasteiger partial charge in [-0.15, -0.1) is 0 Å². The van der Waals surface area contributed by atoms with Gasteiger partial charge < -0.3 is 19.5 Å². The highest BCUT2D eigenvalue weighted by Gasteiger charge is 2.17. The Bertz CT molecular complexity index is 390. The van der Waals surface area contributed by atoms with Crippen LogP contribution in [0.4, 0.5) is 0 Å². The van der Waals surface area contributed by atoms with Gasteiger partial charge in [-0.05, 0) is 18.2 Å². The summed E-state index contributed by atoms with van der Waals surface area (Å²) < 4.78 is 16.4. The van der Waals surface area contributed by atoms with Gasteiger partial charge in [-0.25, -0.2) is 0 Å². The average molecular weight is 308 g/mol. The van der Waals surface area contributed by atoms with Crippen LogP contribution in [0.1, 0.15) is 11.1 Å². The largest absolute Gasteiger partial charge is 0.378 e. The lowest BCUT2D eigenvalue weighted by atomic mass is 10.1. The summed E-state index contributed by atoms with van der Waals surface area (Å²) in [6.07, 6.45) is 0. The second-order valence-electron chi connectivity index (χ2n) is 5.42. The summed E-state index contributed by atoms with van der Waals surface area (Å²) in [6, 6.07) is 8.64. The molecule has 0 fully saturated rings. The van der Waals surface area contributed by atoms with Crippen LogP contribution in [0.25, 0.3) is 0 Å². The first-order valence-corrected chi connectivity index (χ1v) is 8.07. The van der Waals surface area contributed by atoms with Crippen LogP contribution in [0.3, 0.4) is 0 Å². The Morgan fingerprint density at radius 1 is 0.864 bits per heavy atom. The van der Waals surface area contributed by atoms with Gasteiger partial charge in [0.1, 0.15) is 0 Å². The first-order chi connectivity index (χ1) is 10.9. The number of hydrogen-bond acceptors (Lipinski definition) is 5. The van der Waals surface area contributed by atoms with Crippen molar-refractivity contribution in [3.05, 3.63) is 35.4 Å². The van der Waals surface area contributed by atoms with Crippen LogP contribution in [0, 0.1) is 0 Å². The van der Waals surface area contributed by atoms with Crippen LogP contribution in [0.2, 0.25) is 0 Å². The van der Waals surface area contributed by atoms with Gasteiger partial charge in [-0.1, -0.05) is 24.3 Å². The summed E-state index contributed by atoms with van der Waals surface area (Å²) in [7, 11) is 1.91. The molecule has 1 aromatic carbocycles. The number of fused-ring (bicyclic) bond motifs is 1. The van der Waals surface area contributed by atoms with Crippen molar-refractivity contribution in [2.75, 3.05) is 59.8 Å². The molecule has 5 nitrogen and oxygen atoms in total. The Balaban J connectivity index is 1.38. The van der Waals surface area contributed by atoms with Gasteiger partial charge >= 0.3 is 0 Å².